The Hall–Kier alpha value is -2.05. The lowest BCUT2D eigenvalue weighted by atomic mass is 10.1. The van der Waals surface area contributed by atoms with Crippen LogP contribution in [0.25, 0.3) is 0 Å². The van der Waals surface area contributed by atoms with Gasteiger partial charge in [-0.05, 0) is 49.9 Å². The van der Waals surface area contributed by atoms with Gasteiger partial charge in [0.1, 0.15) is 5.75 Å². The zero-order valence-corrected chi connectivity index (χ0v) is 17.6. The van der Waals surface area contributed by atoms with Crippen LogP contribution in [-0.2, 0) is 10.0 Å². The molecule has 0 saturated carbocycles. The third kappa shape index (κ3) is 3.69. The maximum atomic E-state index is 13.2. The van der Waals surface area contributed by atoms with Crippen LogP contribution in [0.5, 0.6) is 5.75 Å². The number of methoxy groups -OCH3 is 1. The van der Waals surface area contributed by atoms with Gasteiger partial charge >= 0.3 is 0 Å². The number of hydrogen-bond donors (Lipinski definition) is 0. The van der Waals surface area contributed by atoms with Crippen LogP contribution in [-0.4, -0.2) is 46.0 Å². The molecule has 2 aromatic carbocycles. The van der Waals surface area contributed by atoms with Crippen molar-refractivity contribution in [1.29, 1.82) is 0 Å². The van der Waals surface area contributed by atoms with Crippen molar-refractivity contribution in [2.75, 3.05) is 38.2 Å². The molecule has 0 aromatic heterocycles. The lowest BCUT2D eigenvalue weighted by Gasteiger charge is -2.37. The van der Waals surface area contributed by atoms with Gasteiger partial charge in [0.15, 0.2) is 0 Å². The zero-order chi connectivity index (χ0) is 19.8. The highest BCUT2D eigenvalue weighted by Gasteiger charge is 2.31. The fraction of sp³-hybridized carbons (Fsp3) is 0.429. The van der Waals surface area contributed by atoms with E-state index in [-0.39, 0.29) is 0 Å². The lowest BCUT2D eigenvalue weighted by molar-refractivity contribution is 0.383. The van der Waals surface area contributed by atoms with Gasteiger partial charge in [0.05, 0.1) is 12.0 Å². The molecular weight excluding hydrogens is 360 g/mol. The highest BCUT2D eigenvalue weighted by molar-refractivity contribution is 7.89. The molecule has 2 aromatic rings. The van der Waals surface area contributed by atoms with E-state index in [4.69, 9.17) is 4.74 Å². The minimum absolute atomic E-state index is 0.338. The molecule has 0 spiro atoms. The number of nitrogens with zero attached hydrogens (tertiary/aromatic N) is 2. The number of anilines is 1. The topological polar surface area (TPSA) is 49.9 Å². The number of para-hydroxylation sites is 1. The Balaban J connectivity index is 1.83. The normalized spacial score (nSPS) is 15.8. The van der Waals surface area contributed by atoms with Gasteiger partial charge in [-0.1, -0.05) is 24.3 Å². The second kappa shape index (κ2) is 7.52. The third-order valence-electron chi connectivity index (χ3n) is 5.30. The number of rotatable bonds is 4. The quantitative estimate of drug-likeness (QED) is 0.805. The van der Waals surface area contributed by atoms with E-state index >= 15 is 0 Å². The second-order valence-corrected chi connectivity index (χ2v) is 9.13. The summed E-state index contributed by atoms with van der Waals surface area (Å²) in [5, 5.41) is 0. The number of sulfonamides is 1. The summed E-state index contributed by atoms with van der Waals surface area (Å²) in [6, 6.07) is 9.79. The van der Waals surface area contributed by atoms with Crippen molar-refractivity contribution < 1.29 is 13.2 Å². The van der Waals surface area contributed by atoms with Crippen LogP contribution in [0, 0.1) is 27.7 Å². The van der Waals surface area contributed by atoms with Crippen molar-refractivity contribution in [3.8, 4) is 5.75 Å². The average Bonchev–Trinajstić information content (AvgIpc) is 2.62. The van der Waals surface area contributed by atoms with Crippen LogP contribution in [0.2, 0.25) is 0 Å². The molecule has 0 bridgehead atoms. The van der Waals surface area contributed by atoms with E-state index in [0.29, 0.717) is 36.8 Å². The third-order valence-corrected chi connectivity index (χ3v) is 7.35. The fourth-order valence-corrected chi connectivity index (χ4v) is 5.55. The van der Waals surface area contributed by atoms with Gasteiger partial charge in [0.25, 0.3) is 0 Å². The highest BCUT2D eigenvalue weighted by Crippen LogP contribution is 2.30. The largest absolute Gasteiger partial charge is 0.496 e. The molecule has 1 aliphatic rings. The Kier molecular flexibility index (Phi) is 5.49. The number of ether oxygens (including phenoxy) is 1. The molecule has 0 amide bonds. The predicted molar refractivity (Wildman–Crippen MR) is 109 cm³/mol. The van der Waals surface area contributed by atoms with Gasteiger partial charge in [-0.3, -0.25) is 0 Å². The highest BCUT2D eigenvalue weighted by atomic mass is 32.2. The molecule has 0 atom stereocenters. The Morgan fingerprint density at radius 1 is 0.852 bits per heavy atom. The molecular formula is C21H28N2O3S. The molecule has 0 unspecified atom stereocenters. The number of piperazine rings is 1. The summed E-state index contributed by atoms with van der Waals surface area (Å²) in [6.07, 6.45) is 0. The van der Waals surface area contributed by atoms with Gasteiger partial charge < -0.3 is 9.64 Å². The van der Waals surface area contributed by atoms with E-state index < -0.39 is 10.0 Å². The van der Waals surface area contributed by atoms with Crippen molar-refractivity contribution in [3.05, 3.63) is 52.6 Å². The Morgan fingerprint density at radius 3 is 2.00 bits per heavy atom. The van der Waals surface area contributed by atoms with Gasteiger partial charge in [-0.15, -0.1) is 0 Å². The molecule has 1 fully saturated rings. The molecule has 0 N–H and O–H groups in total. The molecule has 1 heterocycles. The van der Waals surface area contributed by atoms with Gasteiger partial charge in [-0.25, -0.2) is 8.42 Å². The van der Waals surface area contributed by atoms with E-state index in [1.807, 2.05) is 19.9 Å². The predicted octanol–water partition coefficient (Wildman–Crippen LogP) is 3.44. The van der Waals surface area contributed by atoms with Crippen molar-refractivity contribution in [2.45, 2.75) is 32.6 Å². The van der Waals surface area contributed by atoms with E-state index in [2.05, 4.69) is 36.9 Å². The van der Waals surface area contributed by atoms with E-state index in [9.17, 15) is 8.42 Å². The van der Waals surface area contributed by atoms with Crippen LogP contribution in [0.15, 0.2) is 35.2 Å². The molecule has 0 radical (unpaired) electrons. The summed E-state index contributed by atoms with van der Waals surface area (Å²) < 4.78 is 33.4. The molecule has 146 valence electrons. The molecule has 6 heteroatoms. The summed E-state index contributed by atoms with van der Waals surface area (Å²) in [6.45, 7) is 10.3. The van der Waals surface area contributed by atoms with E-state index in [0.717, 1.165) is 11.1 Å². The summed E-state index contributed by atoms with van der Waals surface area (Å²) >= 11 is 0. The maximum absolute atomic E-state index is 13.2. The first kappa shape index (κ1) is 19.7. The van der Waals surface area contributed by atoms with Crippen LogP contribution in [0.1, 0.15) is 22.3 Å². The second-order valence-electron chi connectivity index (χ2n) is 7.22. The SMILES string of the molecule is COc1cc(S(=O)(=O)N2CCN(c3c(C)cccc3C)CC2)c(C)cc1C. The Labute approximate surface area is 162 Å². The first-order valence-corrected chi connectivity index (χ1v) is 10.7. The van der Waals surface area contributed by atoms with E-state index in [1.165, 1.54) is 16.8 Å². The van der Waals surface area contributed by atoms with Crippen molar-refractivity contribution in [2.24, 2.45) is 0 Å². The van der Waals surface area contributed by atoms with Gasteiger partial charge in [0, 0.05) is 37.9 Å². The van der Waals surface area contributed by atoms with Gasteiger partial charge in [0.2, 0.25) is 10.0 Å². The smallest absolute Gasteiger partial charge is 0.243 e. The molecule has 0 aliphatic carbocycles. The molecule has 3 rings (SSSR count). The number of aryl methyl sites for hydroxylation is 4. The number of hydrogen-bond acceptors (Lipinski definition) is 4. The van der Waals surface area contributed by atoms with Crippen molar-refractivity contribution in [1.82, 2.24) is 4.31 Å². The fourth-order valence-electron chi connectivity index (χ4n) is 3.91. The summed E-state index contributed by atoms with van der Waals surface area (Å²) in [4.78, 5) is 2.63. The van der Waals surface area contributed by atoms with Crippen molar-refractivity contribution in [3.63, 3.8) is 0 Å². The van der Waals surface area contributed by atoms with E-state index in [1.54, 1.807) is 17.5 Å². The van der Waals surface area contributed by atoms with Gasteiger partial charge in [-0.2, -0.15) is 4.31 Å². The first-order valence-electron chi connectivity index (χ1n) is 9.22. The van der Waals surface area contributed by atoms with Crippen LogP contribution in [0.3, 0.4) is 0 Å². The molecule has 1 saturated heterocycles. The van der Waals surface area contributed by atoms with Crippen LogP contribution in [0.4, 0.5) is 5.69 Å². The average molecular weight is 389 g/mol. The van der Waals surface area contributed by atoms with Crippen molar-refractivity contribution >= 4 is 15.7 Å². The molecule has 27 heavy (non-hydrogen) atoms. The maximum Gasteiger partial charge on any atom is 0.243 e. The Morgan fingerprint density at radius 2 is 1.44 bits per heavy atom. The Bertz CT molecular complexity index is 926. The molecule has 1 aliphatic heterocycles. The monoisotopic (exact) mass is 388 g/mol. The molecule has 5 nitrogen and oxygen atoms in total. The summed E-state index contributed by atoms with van der Waals surface area (Å²) in [5.74, 6) is 0.605. The minimum Gasteiger partial charge on any atom is -0.496 e. The number of benzene rings is 2. The lowest BCUT2D eigenvalue weighted by Crippen LogP contribution is -2.49. The summed E-state index contributed by atoms with van der Waals surface area (Å²) in [5.41, 5.74) is 5.37. The summed E-state index contributed by atoms with van der Waals surface area (Å²) in [7, 11) is -1.97. The van der Waals surface area contributed by atoms with Crippen LogP contribution < -0.4 is 9.64 Å². The minimum atomic E-state index is -3.54. The van der Waals surface area contributed by atoms with Crippen LogP contribution >= 0.6 is 0 Å². The standard InChI is InChI=1S/C21H28N2O3S/c1-15-7-6-8-16(2)21(15)22-9-11-23(12-10-22)27(24,25)20-14-19(26-5)17(3)13-18(20)4/h6-8,13-14H,9-12H2,1-5H3. The first-order chi connectivity index (χ1) is 12.8. The zero-order valence-electron chi connectivity index (χ0n) is 16.7.